The van der Waals surface area contributed by atoms with E-state index < -0.39 is 6.09 Å². The fourth-order valence-electron chi connectivity index (χ4n) is 1.45. The number of alkyl carbamates (subject to hydrolysis) is 1. The summed E-state index contributed by atoms with van der Waals surface area (Å²) in [6.45, 7) is 0.799. The molecule has 1 amide bonds. The molecule has 1 aromatic rings. The van der Waals surface area contributed by atoms with Gasteiger partial charge in [0.25, 0.3) is 0 Å². The summed E-state index contributed by atoms with van der Waals surface area (Å²) in [5, 5.41) is 2.56. The van der Waals surface area contributed by atoms with Crippen LogP contribution in [0.1, 0.15) is 0 Å². The number of amides is 1. The van der Waals surface area contributed by atoms with Crippen LogP contribution >= 0.6 is 12.4 Å². The van der Waals surface area contributed by atoms with Crippen molar-refractivity contribution < 1.29 is 19.0 Å². The summed E-state index contributed by atoms with van der Waals surface area (Å²) in [6.07, 6.45) is -0.633. The fourth-order valence-corrected chi connectivity index (χ4v) is 1.45. The Kier molecular flexibility index (Phi) is 4.90. The lowest BCUT2D eigenvalue weighted by Gasteiger charge is -2.12. The summed E-state index contributed by atoms with van der Waals surface area (Å²) in [5.41, 5.74) is 0. The molecular formula is C11H14ClNO4. The highest BCUT2D eigenvalue weighted by Crippen LogP contribution is 2.25. The molecule has 1 N–H and O–H groups in total. The number of cyclic esters (lactones) is 1. The third-order valence-electron chi connectivity index (χ3n) is 2.24. The average molecular weight is 260 g/mol. The number of nitrogens with one attached hydrogen (secondary N) is 1. The van der Waals surface area contributed by atoms with Crippen LogP contribution < -0.4 is 14.8 Å². The Hall–Kier alpha value is -1.62. The zero-order valence-corrected chi connectivity index (χ0v) is 10.2. The molecule has 0 saturated carbocycles. The van der Waals surface area contributed by atoms with Crippen LogP contribution in [-0.2, 0) is 4.74 Å². The van der Waals surface area contributed by atoms with E-state index in [0.29, 0.717) is 24.7 Å². The van der Waals surface area contributed by atoms with Crippen LogP contribution in [0.5, 0.6) is 11.5 Å². The Labute approximate surface area is 105 Å². The van der Waals surface area contributed by atoms with E-state index >= 15 is 0 Å². The first-order chi connectivity index (χ1) is 7.79. The Balaban J connectivity index is 0.00000144. The van der Waals surface area contributed by atoms with Crippen LogP contribution in [0.2, 0.25) is 0 Å². The van der Waals surface area contributed by atoms with Crippen molar-refractivity contribution in [1.29, 1.82) is 0 Å². The lowest BCUT2D eigenvalue weighted by atomic mass is 10.3. The molecule has 17 heavy (non-hydrogen) atoms. The maximum atomic E-state index is 10.8. The average Bonchev–Trinajstić information content (AvgIpc) is 2.73. The van der Waals surface area contributed by atoms with E-state index in [0.717, 1.165) is 0 Å². The third kappa shape index (κ3) is 3.42. The van der Waals surface area contributed by atoms with Gasteiger partial charge in [-0.05, 0) is 12.1 Å². The topological polar surface area (TPSA) is 56.8 Å². The van der Waals surface area contributed by atoms with Crippen molar-refractivity contribution >= 4 is 18.5 Å². The number of benzene rings is 1. The number of methoxy groups -OCH3 is 1. The van der Waals surface area contributed by atoms with E-state index in [1.807, 2.05) is 24.3 Å². The summed E-state index contributed by atoms with van der Waals surface area (Å²) in [5.74, 6) is 1.31. The van der Waals surface area contributed by atoms with Gasteiger partial charge < -0.3 is 19.5 Å². The SMILES string of the molecule is COc1ccccc1OCC1CNC(=O)O1.Cl. The van der Waals surface area contributed by atoms with Gasteiger partial charge in [-0.25, -0.2) is 4.79 Å². The van der Waals surface area contributed by atoms with Crippen molar-refractivity contribution in [1.82, 2.24) is 5.32 Å². The molecule has 2 rings (SSSR count). The van der Waals surface area contributed by atoms with E-state index in [9.17, 15) is 4.79 Å². The number of hydrogen-bond donors (Lipinski definition) is 1. The minimum atomic E-state index is -0.395. The van der Waals surface area contributed by atoms with E-state index in [4.69, 9.17) is 14.2 Å². The van der Waals surface area contributed by atoms with Crippen LogP contribution in [0.3, 0.4) is 0 Å². The van der Waals surface area contributed by atoms with Gasteiger partial charge in [-0.1, -0.05) is 12.1 Å². The van der Waals surface area contributed by atoms with Crippen LogP contribution in [0, 0.1) is 0 Å². The zero-order chi connectivity index (χ0) is 11.4. The summed E-state index contributed by atoms with van der Waals surface area (Å²) in [4.78, 5) is 10.8. The highest BCUT2D eigenvalue weighted by Gasteiger charge is 2.23. The summed E-state index contributed by atoms with van der Waals surface area (Å²) < 4.78 is 15.6. The number of ether oxygens (including phenoxy) is 3. The van der Waals surface area contributed by atoms with E-state index in [2.05, 4.69) is 5.32 Å². The van der Waals surface area contributed by atoms with Crippen molar-refractivity contribution in [3.05, 3.63) is 24.3 Å². The number of carbonyl (C=O) groups excluding carboxylic acids is 1. The number of para-hydroxylation sites is 2. The van der Waals surface area contributed by atoms with E-state index in [1.165, 1.54) is 0 Å². The lowest BCUT2D eigenvalue weighted by Crippen LogP contribution is -2.22. The molecule has 1 saturated heterocycles. The molecule has 1 fully saturated rings. The van der Waals surface area contributed by atoms with Gasteiger partial charge in [0.15, 0.2) is 17.6 Å². The second-order valence-corrected chi connectivity index (χ2v) is 3.37. The molecule has 1 unspecified atom stereocenters. The van der Waals surface area contributed by atoms with Gasteiger partial charge in [0.2, 0.25) is 0 Å². The van der Waals surface area contributed by atoms with Crippen LogP contribution in [0.25, 0.3) is 0 Å². The van der Waals surface area contributed by atoms with Crippen molar-refractivity contribution in [3.8, 4) is 11.5 Å². The predicted octanol–water partition coefficient (Wildman–Crippen LogP) is 1.60. The van der Waals surface area contributed by atoms with Gasteiger partial charge in [0.05, 0.1) is 13.7 Å². The van der Waals surface area contributed by atoms with Gasteiger partial charge >= 0.3 is 6.09 Å². The molecule has 1 aliphatic rings. The Bertz CT molecular complexity index is 385. The maximum Gasteiger partial charge on any atom is 0.407 e. The third-order valence-corrected chi connectivity index (χ3v) is 2.24. The Morgan fingerprint density at radius 1 is 1.41 bits per heavy atom. The monoisotopic (exact) mass is 259 g/mol. The predicted molar refractivity (Wildman–Crippen MR) is 64.0 cm³/mol. The van der Waals surface area contributed by atoms with Gasteiger partial charge in [0, 0.05) is 0 Å². The van der Waals surface area contributed by atoms with Crippen LogP contribution in [0.4, 0.5) is 4.79 Å². The van der Waals surface area contributed by atoms with Crippen molar-refractivity contribution in [2.75, 3.05) is 20.3 Å². The molecule has 0 aliphatic carbocycles. The molecule has 1 aliphatic heterocycles. The largest absolute Gasteiger partial charge is 0.493 e. The molecule has 0 radical (unpaired) electrons. The zero-order valence-electron chi connectivity index (χ0n) is 9.34. The summed E-state index contributed by atoms with van der Waals surface area (Å²) >= 11 is 0. The quantitative estimate of drug-likeness (QED) is 0.892. The number of hydrogen-bond acceptors (Lipinski definition) is 4. The minimum Gasteiger partial charge on any atom is -0.493 e. The molecule has 94 valence electrons. The van der Waals surface area contributed by atoms with Crippen molar-refractivity contribution in [3.63, 3.8) is 0 Å². The number of rotatable bonds is 4. The lowest BCUT2D eigenvalue weighted by molar-refractivity contribution is 0.103. The fraction of sp³-hybridized carbons (Fsp3) is 0.364. The van der Waals surface area contributed by atoms with E-state index in [-0.39, 0.29) is 18.5 Å². The second-order valence-electron chi connectivity index (χ2n) is 3.37. The number of halogens is 1. The summed E-state index contributed by atoms with van der Waals surface area (Å²) in [6, 6.07) is 7.34. The molecule has 0 bridgehead atoms. The molecule has 0 aromatic heterocycles. The van der Waals surface area contributed by atoms with Crippen molar-refractivity contribution in [2.24, 2.45) is 0 Å². The van der Waals surface area contributed by atoms with Gasteiger partial charge in [-0.3, -0.25) is 0 Å². The normalized spacial score (nSPS) is 17.7. The highest BCUT2D eigenvalue weighted by molar-refractivity contribution is 5.85. The molecule has 1 aromatic carbocycles. The minimum absolute atomic E-state index is 0. The first-order valence-corrected chi connectivity index (χ1v) is 5.00. The highest BCUT2D eigenvalue weighted by atomic mass is 35.5. The van der Waals surface area contributed by atoms with Gasteiger partial charge in [-0.15, -0.1) is 12.4 Å². The second kappa shape index (κ2) is 6.20. The Morgan fingerprint density at radius 2 is 2.12 bits per heavy atom. The first kappa shape index (κ1) is 13.4. The molecule has 0 spiro atoms. The van der Waals surface area contributed by atoms with E-state index in [1.54, 1.807) is 7.11 Å². The Morgan fingerprint density at radius 3 is 2.71 bits per heavy atom. The van der Waals surface area contributed by atoms with Gasteiger partial charge in [0.1, 0.15) is 6.61 Å². The first-order valence-electron chi connectivity index (χ1n) is 5.00. The molecule has 1 atom stereocenters. The van der Waals surface area contributed by atoms with Crippen LogP contribution in [0.15, 0.2) is 24.3 Å². The summed E-state index contributed by atoms with van der Waals surface area (Å²) in [7, 11) is 1.58. The van der Waals surface area contributed by atoms with Gasteiger partial charge in [-0.2, -0.15) is 0 Å². The molecule has 5 nitrogen and oxygen atoms in total. The van der Waals surface area contributed by atoms with Crippen molar-refractivity contribution in [2.45, 2.75) is 6.10 Å². The van der Waals surface area contributed by atoms with Crippen LogP contribution in [-0.4, -0.2) is 32.5 Å². The molecular weight excluding hydrogens is 246 g/mol. The standard InChI is InChI=1S/C11H13NO4.ClH/c1-14-9-4-2-3-5-10(9)15-7-8-6-12-11(13)16-8;/h2-5,8H,6-7H2,1H3,(H,12,13);1H. The molecule has 1 heterocycles. The number of carbonyl (C=O) groups is 1. The smallest absolute Gasteiger partial charge is 0.407 e. The molecule has 6 heteroatoms. The maximum absolute atomic E-state index is 10.8.